The van der Waals surface area contributed by atoms with Gasteiger partial charge in [0.25, 0.3) is 0 Å². The second kappa shape index (κ2) is 5.49. The maximum Gasteiger partial charge on any atom is 1.00 e. The van der Waals surface area contributed by atoms with Gasteiger partial charge in [-0.2, -0.15) is 0 Å². The number of hydrogen-bond donors (Lipinski definition) is 1. The number of Topliss-reactive ketones (excluding diaryl/α,β-unsaturated/α-hetero) is 1. The van der Waals surface area contributed by atoms with Gasteiger partial charge in [0, 0.05) is 5.56 Å². The van der Waals surface area contributed by atoms with Crippen LogP contribution in [0.1, 0.15) is 11.8 Å². The Bertz CT molecular complexity index is 226. The van der Waals surface area contributed by atoms with Crippen molar-refractivity contribution in [2.24, 2.45) is 0 Å². The van der Waals surface area contributed by atoms with Gasteiger partial charge in [0.15, 0.2) is 5.78 Å². The van der Waals surface area contributed by atoms with E-state index in [0.29, 0.717) is 5.56 Å². The monoisotopic (exact) mass is 160 g/mol. The van der Waals surface area contributed by atoms with Crippen LogP contribution in [0.2, 0.25) is 0 Å². The molecule has 0 aliphatic rings. The molecule has 0 unspecified atom stereocenters. The maximum atomic E-state index is 10.8. The summed E-state index contributed by atoms with van der Waals surface area (Å²) in [6.45, 7) is -0.413. The number of rotatable bonds is 2. The van der Waals surface area contributed by atoms with Crippen molar-refractivity contribution in [2.75, 3.05) is 6.61 Å². The van der Waals surface area contributed by atoms with Crippen LogP contribution >= 0.6 is 0 Å². The van der Waals surface area contributed by atoms with Crippen LogP contribution in [0.25, 0.3) is 0 Å². The van der Waals surface area contributed by atoms with Gasteiger partial charge in [0.05, 0.1) is 0 Å². The van der Waals surface area contributed by atoms with Crippen molar-refractivity contribution in [3.8, 4) is 0 Å². The van der Waals surface area contributed by atoms with Crippen molar-refractivity contribution in [1.82, 2.24) is 0 Å². The molecule has 3 heteroatoms. The normalized spacial score (nSPS) is 8.45. The summed E-state index contributed by atoms with van der Waals surface area (Å²) in [6.07, 6.45) is 0. The van der Waals surface area contributed by atoms with Crippen molar-refractivity contribution in [2.45, 2.75) is 0 Å². The molecule has 2 nitrogen and oxygen atoms in total. The van der Waals surface area contributed by atoms with Gasteiger partial charge in [-0.25, -0.2) is 0 Å². The molecule has 0 aliphatic carbocycles. The summed E-state index contributed by atoms with van der Waals surface area (Å²) in [5, 5.41) is 8.44. The first-order valence-electron chi connectivity index (χ1n) is 3.03. The fourth-order valence-electron chi connectivity index (χ4n) is 0.715. The zero-order valence-electron chi connectivity index (χ0n) is 7.45. The second-order valence-electron chi connectivity index (χ2n) is 1.95. The standard InChI is InChI=1S/C8H8O2.Na.H/c9-6-8(10)7-4-2-1-3-5-7;;/h1-5,9H,6H2;;/q;+1;-1. The molecular formula is C8H9NaO2. The van der Waals surface area contributed by atoms with E-state index in [4.69, 9.17) is 5.11 Å². The summed E-state index contributed by atoms with van der Waals surface area (Å²) in [7, 11) is 0. The maximum absolute atomic E-state index is 10.8. The van der Waals surface area contributed by atoms with E-state index >= 15 is 0 Å². The minimum absolute atomic E-state index is 0. The van der Waals surface area contributed by atoms with Crippen molar-refractivity contribution in [3.63, 3.8) is 0 Å². The zero-order valence-corrected chi connectivity index (χ0v) is 8.45. The van der Waals surface area contributed by atoms with Gasteiger partial charge in [-0.3, -0.25) is 4.79 Å². The minimum atomic E-state index is -0.413. The Labute approximate surface area is 89.0 Å². The average Bonchev–Trinajstić information content (AvgIpc) is 2.05. The van der Waals surface area contributed by atoms with Gasteiger partial charge >= 0.3 is 29.6 Å². The molecular weight excluding hydrogens is 151 g/mol. The van der Waals surface area contributed by atoms with Crippen LogP contribution in [0.3, 0.4) is 0 Å². The molecule has 0 saturated heterocycles. The number of aliphatic hydroxyl groups is 1. The van der Waals surface area contributed by atoms with Crippen molar-refractivity contribution >= 4 is 5.78 Å². The second-order valence-corrected chi connectivity index (χ2v) is 1.95. The van der Waals surface area contributed by atoms with Crippen LogP contribution in [0, 0.1) is 0 Å². The molecule has 0 amide bonds. The Morgan fingerprint density at radius 1 is 1.36 bits per heavy atom. The summed E-state index contributed by atoms with van der Waals surface area (Å²) in [4.78, 5) is 10.8. The van der Waals surface area contributed by atoms with E-state index in [0.717, 1.165) is 0 Å². The van der Waals surface area contributed by atoms with Gasteiger partial charge < -0.3 is 6.53 Å². The van der Waals surface area contributed by atoms with E-state index in [9.17, 15) is 4.79 Å². The summed E-state index contributed by atoms with van der Waals surface area (Å²) >= 11 is 0. The van der Waals surface area contributed by atoms with Crippen LogP contribution in [-0.2, 0) is 0 Å². The fourth-order valence-corrected chi connectivity index (χ4v) is 0.715. The van der Waals surface area contributed by atoms with Crippen LogP contribution in [0.4, 0.5) is 0 Å². The van der Waals surface area contributed by atoms with Gasteiger partial charge in [-0.05, 0) is 0 Å². The molecule has 1 aromatic rings. The van der Waals surface area contributed by atoms with Gasteiger partial charge in [-0.1, -0.05) is 30.3 Å². The number of aliphatic hydroxyl groups excluding tert-OH is 1. The first kappa shape index (κ1) is 10.8. The third kappa shape index (κ3) is 3.16. The molecule has 0 heterocycles. The third-order valence-corrected chi connectivity index (χ3v) is 1.24. The Hall–Kier alpha value is -0.150. The molecule has 0 aliphatic heterocycles. The molecule has 0 atom stereocenters. The van der Waals surface area contributed by atoms with E-state index in [1.165, 1.54) is 0 Å². The van der Waals surface area contributed by atoms with Crippen LogP contribution in [0.5, 0.6) is 0 Å². The molecule has 0 aromatic heterocycles. The van der Waals surface area contributed by atoms with Crippen molar-refractivity contribution in [1.29, 1.82) is 0 Å². The number of ketones is 1. The summed E-state index contributed by atoms with van der Waals surface area (Å²) in [5.74, 6) is -0.236. The number of benzene rings is 1. The van der Waals surface area contributed by atoms with Gasteiger partial charge in [-0.15, -0.1) is 0 Å². The van der Waals surface area contributed by atoms with E-state index in [2.05, 4.69) is 0 Å². The zero-order chi connectivity index (χ0) is 7.40. The minimum Gasteiger partial charge on any atom is -1.00 e. The first-order chi connectivity index (χ1) is 4.84. The SMILES string of the molecule is O=C(CO)c1ccccc1.[H-].[Na+]. The Balaban J connectivity index is 0. The summed E-state index contributed by atoms with van der Waals surface area (Å²) < 4.78 is 0. The molecule has 0 fully saturated rings. The average molecular weight is 160 g/mol. The summed E-state index contributed by atoms with van der Waals surface area (Å²) in [5.41, 5.74) is 0.560. The summed E-state index contributed by atoms with van der Waals surface area (Å²) in [6, 6.07) is 8.72. The van der Waals surface area contributed by atoms with Crippen LogP contribution in [-0.4, -0.2) is 17.5 Å². The predicted octanol–water partition coefficient (Wildman–Crippen LogP) is -2.02. The molecule has 11 heavy (non-hydrogen) atoms. The van der Waals surface area contributed by atoms with E-state index in [1.807, 2.05) is 6.07 Å². The molecule has 0 bridgehead atoms. The van der Waals surface area contributed by atoms with Gasteiger partial charge in [0.2, 0.25) is 0 Å². The van der Waals surface area contributed by atoms with Crippen LogP contribution in [0.15, 0.2) is 30.3 Å². The molecule has 0 radical (unpaired) electrons. The van der Waals surface area contributed by atoms with Gasteiger partial charge in [0.1, 0.15) is 6.61 Å². The molecule has 1 aromatic carbocycles. The predicted molar refractivity (Wildman–Crippen MR) is 39.0 cm³/mol. The topological polar surface area (TPSA) is 37.3 Å². The molecule has 0 saturated carbocycles. The van der Waals surface area contributed by atoms with E-state index in [-0.39, 0.29) is 36.8 Å². The molecule has 1 N–H and O–H groups in total. The molecule has 1 rings (SSSR count). The van der Waals surface area contributed by atoms with Crippen LogP contribution < -0.4 is 29.6 Å². The Morgan fingerprint density at radius 2 is 1.91 bits per heavy atom. The number of hydrogen-bond acceptors (Lipinski definition) is 2. The van der Waals surface area contributed by atoms with E-state index < -0.39 is 6.61 Å². The Morgan fingerprint density at radius 3 is 2.36 bits per heavy atom. The van der Waals surface area contributed by atoms with E-state index in [1.54, 1.807) is 24.3 Å². The molecule has 54 valence electrons. The smallest absolute Gasteiger partial charge is 1.00 e. The van der Waals surface area contributed by atoms with Crippen molar-refractivity contribution in [3.05, 3.63) is 35.9 Å². The number of carbonyl (C=O) groups is 1. The van der Waals surface area contributed by atoms with Crippen molar-refractivity contribution < 1.29 is 40.9 Å². The largest absolute Gasteiger partial charge is 1.00 e. The first-order valence-corrected chi connectivity index (χ1v) is 3.03. The fraction of sp³-hybridized carbons (Fsp3) is 0.125. The number of carbonyl (C=O) groups excluding carboxylic acids is 1. The third-order valence-electron chi connectivity index (χ3n) is 1.24. The quantitative estimate of drug-likeness (QED) is 0.400. The molecule has 0 spiro atoms. The Kier molecular flexibility index (Phi) is 5.42.